The summed E-state index contributed by atoms with van der Waals surface area (Å²) in [6.45, 7) is 0. The lowest BCUT2D eigenvalue weighted by atomic mass is 10.1. The van der Waals surface area contributed by atoms with Crippen LogP contribution < -0.4 is 5.32 Å². The van der Waals surface area contributed by atoms with Gasteiger partial charge in [-0.25, -0.2) is 4.79 Å². The molecule has 1 rings (SSSR count). The second kappa shape index (κ2) is 7.62. The molecule has 1 amide bonds. The minimum absolute atomic E-state index is 0.0984. The van der Waals surface area contributed by atoms with Crippen LogP contribution in [0.1, 0.15) is 16.8 Å². The van der Waals surface area contributed by atoms with Crippen LogP contribution in [0.2, 0.25) is 10.0 Å². The lowest BCUT2D eigenvalue weighted by Crippen LogP contribution is -2.41. The zero-order valence-electron chi connectivity index (χ0n) is 10.2. The van der Waals surface area contributed by atoms with E-state index in [1.54, 1.807) is 6.07 Å². The van der Waals surface area contributed by atoms with Gasteiger partial charge in [0, 0.05) is 0 Å². The molecule has 7 heteroatoms. The number of nitrogens with one attached hydrogen (secondary N) is 1. The Kier molecular flexibility index (Phi) is 6.48. The van der Waals surface area contributed by atoms with Gasteiger partial charge in [-0.15, -0.1) is 0 Å². The van der Waals surface area contributed by atoms with Gasteiger partial charge in [0.05, 0.1) is 15.6 Å². The second-order valence-electron chi connectivity index (χ2n) is 3.74. The predicted molar refractivity (Wildman–Crippen MR) is 78.4 cm³/mol. The molecule has 0 heterocycles. The van der Waals surface area contributed by atoms with Crippen molar-refractivity contribution in [3.63, 3.8) is 0 Å². The van der Waals surface area contributed by atoms with E-state index in [9.17, 15) is 9.59 Å². The van der Waals surface area contributed by atoms with Gasteiger partial charge >= 0.3 is 5.97 Å². The summed E-state index contributed by atoms with van der Waals surface area (Å²) in [5.74, 6) is -1.03. The van der Waals surface area contributed by atoms with Gasteiger partial charge in [0.2, 0.25) is 0 Å². The van der Waals surface area contributed by atoms with E-state index in [2.05, 4.69) is 5.32 Å². The third-order valence-corrected chi connectivity index (χ3v) is 3.68. The minimum Gasteiger partial charge on any atom is -0.480 e. The number of amides is 1. The molecule has 0 spiro atoms. The third kappa shape index (κ3) is 4.60. The maximum absolute atomic E-state index is 12.0. The van der Waals surface area contributed by atoms with Crippen molar-refractivity contribution in [3.8, 4) is 0 Å². The average molecular weight is 322 g/mol. The van der Waals surface area contributed by atoms with Crippen molar-refractivity contribution in [3.05, 3.63) is 33.8 Å². The zero-order chi connectivity index (χ0) is 14.4. The quantitative estimate of drug-likeness (QED) is 0.845. The Morgan fingerprint density at radius 1 is 1.37 bits per heavy atom. The van der Waals surface area contributed by atoms with Gasteiger partial charge in [0.15, 0.2) is 0 Å². The lowest BCUT2D eigenvalue weighted by Gasteiger charge is -2.15. The number of aliphatic carboxylic acids is 1. The molecule has 4 nitrogen and oxygen atoms in total. The van der Waals surface area contributed by atoms with Crippen molar-refractivity contribution < 1.29 is 14.7 Å². The van der Waals surface area contributed by atoms with Crippen LogP contribution >= 0.6 is 35.0 Å². The summed E-state index contributed by atoms with van der Waals surface area (Å²) in [5, 5.41) is 11.9. The molecule has 19 heavy (non-hydrogen) atoms. The summed E-state index contributed by atoms with van der Waals surface area (Å²) in [7, 11) is 0. The molecule has 1 aromatic rings. The molecule has 104 valence electrons. The van der Waals surface area contributed by atoms with Gasteiger partial charge in [-0.1, -0.05) is 29.3 Å². The average Bonchev–Trinajstić information content (AvgIpc) is 2.33. The Bertz CT molecular complexity index is 462. The maximum Gasteiger partial charge on any atom is 0.326 e. The predicted octanol–water partition coefficient (Wildman–Crippen LogP) is 2.93. The molecule has 0 fully saturated rings. The van der Waals surface area contributed by atoms with E-state index in [4.69, 9.17) is 28.3 Å². The molecule has 0 radical (unpaired) electrons. The van der Waals surface area contributed by atoms with E-state index in [0.29, 0.717) is 12.2 Å². The fraction of sp³-hybridized carbons (Fsp3) is 0.333. The Balaban J connectivity index is 2.85. The van der Waals surface area contributed by atoms with Crippen molar-refractivity contribution in [1.29, 1.82) is 0 Å². The summed E-state index contributed by atoms with van der Waals surface area (Å²) >= 11 is 13.3. The number of carbonyl (C=O) groups excluding carboxylic acids is 1. The van der Waals surface area contributed by atoms with Gasteiger partial charge in [0.1, 0.15) is 6.04 Å². The van der Waals surface area contributed by atoms with Gasteiger partial charge in [0.25, 0.3) is 5.91 Å². The minimum atomic E-state index is -1.08. The SMILES string of the molecule is CSCC[C@@H](NC(=O)c1c(Cl)cccc1Cl)C(=O)O. The Hall–Kier alpha value is -0.910. The van der Waals surface area contributed by atoms with Gasteiger partial charge in [-0.3, -0.25) is 4.79 Å². The first-order valence-corrected chi connectivity index (χ1v) is 7.59. The van der Waals surface area contributed by atoms with Crippen LogP contribution in [0.15, 0.2) is 18.2 Å². The largest absolute Gasteiger partial charge is 0.480 e. The molecule has 0 aliphatic carbocycles. The van der Waals surface area contributed by atoms with Crippen LogP contribution in [0.3, 0.4) is 0 Å². The van der Waals surface area contributed by atoms with E-state index in [1.165, 1.54) is 23.9 Å². The molecule has 0 bridgehead atoms. The van der Waals surface area contributed by atoms with Gasteiger partial charge in [-0.05, 0) is 30.6 Å². The fourth-order valence-electron chi connectivity index (χ4n) is 1.44. The number of thioether (sulfide) groups is 1. The molecule has 0 unspecified atom stereocenters. The molecule has 0 aromatic heterocycles. The molecule has 1 aromatic carbocycles. The summed E-state index contributed by atoms with van der Waals surface area (Å²) in [6, 6.07) is 3.72. The summed E-state index contributed by atoms with van der Waals surface area (Å²) in [4.78, 5) is 23.1. The van der Waals surface area contributed by atoms with Crippen LogP contribution in [0.4, 0.5) is 0 Å². The van der Waals surface area contributed by atoms with Crippen molar-refractivity contribution in [1.82, 2.24) is 5.32 Å². The normalized spacial score (nSPS) is 11.9. The summed E-state index contributed by atoms with van der Waals surface area (Å²) in [5.41, 5.74) is 0.0984. The number of halogens is 2. The first kappa shape index (κ1) is 16.1. The van der Waals surface area contributed by atoms with Crippen LogP contribution in [0.5, 0.6) is 0 Å². The molecule has 2 N–H and O–H groups in total. The molecule has 0 aliphatic rings. The van der Waals surface area contributed by atoms with E-state index in [1.807, 2.05) is 6.26 Å². The highest BCUT2D eigenvalue weighted by atomic mass is 35.5. The highest BCUT2D eigenvalue weighted by molar-refractivity contribution is 7.98. The second-order valence-corrected chi connectivity index (χ2v) is 5.54. The number of hydrogen-bond acceptors (Lipinski definition) is 3. The van der Waals surface area contributed by atoms with Crippen LogP contribution in [-0.2, 0) is 4.79 Å². The zero-order valence-corrected chi connectivity index (χ0v) is 12.5. The number of rotatable bonds is 6. The van der Waals surface area contributed by atoms with Crippen molar-refractivity contribution in [2.24, 2.45) is 0 Å². The number of carboxylic acids is 1. The fourth-order valence-corrected chi connectivity index (χ4v) is 2.48. The number of benzene rings is 1. The highest BCUT2D eigenvalue weighted by Crippen LogP contribution is 2.24. The van der Waals surface area contributed by atoms with Crippen molar-refractivity contribution >= 4 is 46.8 Å². The topological polar surface area (TPSA) is 66.4 Å². The van der Waals surface area contributed by atoms with Crippen molar-refractivity contribution in [2.75, 3.05) is 12.0 Å². The maximum atomic E-state index is 12.0. The van der Waals surface area contributed by atoms with E-state index >= 15 is 0 Å². The van der Waals surface area contributed by atoms with Gasteiger partial charge in [-0.2, -0.15) is 11.8 Å². The Labute approximate surface area is 125 Å². The number of hydrogen-bond donors (Lipinski definition) is 2. The Morgan fingerprint density at radius 3 is 2.42 bits per heavy atom. The molecular formula is C12H13Cl2NO3S. The van der Waals surface area contributed by atoms with E-state index in [0.717, 1.165) is 0 Å². The van der Waals surface area contributed by atoms with Gasteiger partial charge < -0.3 is 10.4 Å². The standard InChI is InChI=1S/C12H13Cl2NO3S/c1-19-6-5-9(12(17)18)15-11(16)10-7(13)3-2-4-8(10)14/h2-4,9H,5-6H2,1H3,(H,15,16)(H,17,18)/t9-/m1/s1. The van der Waals surface area contributed by atoms with Crippen LogP contribution in [0.25, 0.3) is 0 Å². The number of carbonyl (C=O) groups is 2. The highest BCUT2D eigenvalue weighted by Gasteiger charge is 2.22. The Morgan fingerprint density at radius 2 is 1.95 bits per heavy atom. The van der Waals surface area contributed by atoms with E-state index < -0.39 is 17.9 Å². The van der Waals surface area contributed by atoms with Crippen LogP contribution in [0, 0.1) is 0 Å². The lowest BCUT2D eigenvalue weighted by molar-refractivity contribution is -0.139. The smallest absolute Gasteiger partial charge is 0.326 e. The first-order chi connectivity index (χ1) is 8.97. The summed E-state index contributed by atoms with van der Waals surface area (Å²) < 4.78 is 0. The first-order valence-electron chi connectivity index (χ1n) is 5.44. The molecule has 1 atom stereocenters. The third-order valence-electron chi connectivity index (χ3n) is 2.40. The molecule has 0 saturated carbocycles. The summed E-state index contributed by atoms with van der Waals surface area (Å²) in [6.07, 6.45) is 2.20. The van der Waals surface area contributed by atoms with Crippen LogP contribution in [-0.4, -0.2) is 35.0 Å². The molecular weight excluding hydrogens is 309 g/mol. The molecule has 0 aliphatic heterocycles. The van der Waals surface area contributed by atoms with E-state index in [-0.39, 0.29) is 15.6 Å². The van der Waals surface area contributed by atoms with Crippen molar-refractivity contribution in [2.45, 2.75) is 12.5 Å². The monoisotopic (exact) mass is 321 g/mol. The number of carboxylic acid groups (broad SMARTS) is 1. The molecule has 0 saturated heterocycles.